The quantitative estimate of drug-likeness (QED) is 0.319. The molecule has 0 N–H and O–H groups in total. The molecule has 2 aliphatic rings. The summed E-state index contributed by atoms with van der Waals surface area (Å²) >= 11 is 0. The van der Waals surface area contributed by atoms with E-state index in [2.05, 4.69) is 93.5 Å². The van der Waals surface area contributed by atoms with Gasteiger partial charge >= 0.3 is 0 Å². The van der Waals surface area contributed by atoms with Crippen LogP contribution in [-0.2, 0) is 10.8 Å². The van der Waals surface area contributed by atoms with Gasteiger partial charge in [-0.05, 0) is 64.9 Å². The third kappa shape index (κ3) is 15.4. The smallest absolute Gasteiger partial charge is 0.0132 e. The molecular weight excluding hydrogens is 444 g/mol. The van der Waals surface area contributed by atoms with Crippen LogP contribution >= 0.6 is 0 Å². The van der Waals surface area contributed by atoms with E-state index < -0.39 is 0 Å². The van der Waals surface area contributed by atoms with Gasteiger partial charge in [0.1, 0.15) is 0 Å². The molecule has 1 aromatic rings. The van der Waals surface area contributed by atoms with E-state index >= 15 is 0 Å². The van der Waals surface area contributed by atoms with Gasteiger partial charge in [0, 0.05) is 0 Å². The monoisotopic (exact) mass is 513 g/mol. The van der Waals surface area contributed by atoms with Crippen LogP contribution in [0.25, 0.3) is 0 Å². The van der Waals surface area contributed by atoms with Crippen LogP contribution in [0.3, 0.4) is 0 Å². The molecule has 4 atom stereocenters. The molecule has 2 aliphatic carbocycles. The van der Waals surface area contributed by atoms with Crippen molar-refractivity contribution in [3.8, 4) is 0 Å². The number of hydrogen-bond donors (Lipinski definition) is 0. The van der Waals surface area contributed by atoms with Crippen LogP contribution in [0.2, 0.25) is 0 Å². The minimum atomic E-state index is 0.251. The molecule has 0 heterocycles. The van der Waals surface area contributed by atoms with Gasteiger partial charge in [-0.15, -0.1) is 0 Å². The van der Waals surface area contributed by atoms with Crippen molar-refractivity contribution in [2.24, 2.45) is 23.7 Å². The summed E-state index contributed by atoms with van der Waals surface area (Å²) in [5.41, 5.74) is 3.34. The molecule has 3 rings (SSSR count). The van der Waals surface area contributed by atoms with Gasteiger partial charge in [-0.3, -0.25) is 0 Å². The summed E-state index contributed by atoms with van der Waals surface area (Å²) in [6, 6.07) is 8.94. The Kier molecular flexibility index (Phi) is 16.4. The van der Waals surface area contributed by atoms with Crippen LogP contribution in [0.5, 0.6) is 0 Å². The number of hydrogen-bond acceptors (Lipinski definition) is 0. The van der Waals surface area contributed by atoms with Crippen molar-refractivity contribution < 1.29 is 0 Å². The summed E-state index contributed by atoms with van der Waals surface area (Å²) in [6.45, 7) is 23.0. The highest BCUT2D eigenvalue weighted by Crippen LogP contribution is 2.38. The number of rotatable bonds is 7. The lowest BCUT2D eigenvalue weighted by Crippen LogP contribution is -2.20. The molecule has 1 aromatic carbocycles. The van der Waals surface area contributed by atoms with Crippen LogP contribution in [-0.4, -0.2) is 0 Å². The fraction of sp³-hybridized carbons (Fsp3) is 0.838. The Balaban J connectivity index is 0.000000292. The first kappa shape index (κ1) is 34.2. The van der Waals surface area contributed by atoms with Gasteiger partial charge in [0.25, 0.3) is 0 Å². The third-order valence-corrected chi connectivity index (χ3v) is 8.81. The lowest BCUT2D eigenvalue weighted by atomic mass is 9.73. The van der Waals surface area contributed by atoms with Crippen LogP contribution < -0.4 is 0 Å². The predicted octanol–water partition coefficient (Wildman–Crippen LogP) is 12.7. The van der Waals surface area contributed by atoms with Crippen molar-refractivity contribution in [1.82, 2.24) is 0 Å². The highest BCUT2D eigenvalue weighted by Gasteiger charge is 2.25. The second kappa shape index (κ2) is 17.7. The molecule has 0 amide bonds. The fourth-order valence-electron chi connectivity index (χ4n) is 6.32. The normalized spacial score (nSPS) is 24.4. The van der Waals surface area contributed by atoms with E-state index in [1.807, 2.05) is 0 Å². The second-order valence-corrected chi connectivity index (χ2v) is 15.0. The molecule has 0 aliphatic heterocycles. The van der Waals surface area contributed by atoms with E-state index in [4.69, 9.17) is 0 Å². The van der Waals surface area contributed by atoms with Gasteiger partial charge in [-0.1, -0.05) is 171 Å². The summed E-state index contributed by atoms with van der Waals surface area (Å²) in [4.78, 5) is 0. The van der Waals surface area contributed by atoms with Crippen LogP contribution in [0.1, 0.15) is 177 Å². The van der Waals surface area contributed by atoms with Crippen molar-refractivity contribution >= 4 is 0 Å². The van der Waals surface area contributed by atoms with Gasteiger partial charge in [0.2, 0.25) is 0 Å². The van der Waals surface area contributed by atoms with Crippen molar-refractivity contribution in [3.05, 3.63) is 35.4 Å². The van der Waals surface area contributed by atoms with Gasteiger partial charge in [0.15, 0.2) is 0 Å². The van der Waals surface area contributed by atoms with Crippen molar-refractivity contribution in [3.63, 3.8) is 0 Å². The van der Waals surface area contributed by atoms with Gasteiger partial charge in [-0.2, -0.15) is 0 Å². The van der Waals surface area contributed by atoms with Gasteiger partial charge < -0.3 is 0 Å². The Bertz CT molecular complexity index is 629. The van der Waals surface area contributed by atoms with E-state index in [-0.39, 0.29) is 10.8 Å². The van der Waals surface area contributed by atoms with E-state index in [9.17, 15) is 0 Å². The Hall–Kier alpha value is -0.780. The third-order valence-electron chi connectivity index (χ3n) is 8.81. The Morgan fingerprint density at radius 1 is 0.622 bits per heavy atom. The van der Waals surface area contributed by atoms with Crippen molar-refractivity contribution in [1.29, 1.82) is 0 Å². The molecule has 0 spiro atoms. The zero-order valence-corrected chi connectivity index (χ0v) is 27.2. The predicted molar refractivity (Wildman–Crippen MR) is 170 cm³/mol. The second-order valence-electron chi connectivity index (χ2n) is 15.0. The largest absolute Gasteiger partial charge is 0.0654 e. The van der Waals surface area contributed by atoms with E-state index in [1.165, 1.54) is 101 Å². The maximum atomic E-state index is 2.45. The SMILES string of the molecule is CC(C)(C)c1cccc(C(C)(C)C)c1.CC1CCCC(CC2CCCC(C)C2)C1.CCCCCCCC. The van der Waals surface area contributed by atoms with Gasteiger partial charge in [-0.25, -0.2) is 0 Å². The standard InChI is InChI=1S/C15H28.C14H22.C8H18/c1-12-5-3-7-14(9-12)11-15-8-4-6-13(2)10-15;1-13(2,3)11-8-7-9-12(10-11)14(4,5)6;1-3-5-7-8-6-4-2/h12-15H,3-11H2,1-2H3;7-10H,1-6H3;3-8H2,1-2H3. The molecule has 0 saturated heterocycles. The zero-order valence-electron chi connectivity index (χ0n) is 27.2. The van der Waals surface area contributed by atoms with Gasteiger partial charge in [0.05, 0.1) is 0 Å². The summed E-state index contributed by atoms with van der Waals surface area (Å²) in [6.07, 6.45) is 22.2. The highest BCUT2D eigenvalue weighted by molar-refractivity contribution is 5.32. The molecule has 0 aromatic heterocycles. The van der Waals surface area contributed by atoms with Crippen LogP contribution in [0.4, 0.5) is 0 Å². The van der Waals surface area contributed by atoms with Crippen molar-refractivity contribution in [2.45, 2.75) is 176 Å². The van der Waals surface area contributed by atoms with E-state index in [0.717, 1.165) is 23.7 Å². The lowest BCUT2D eigenvalue weighted by Gasteiger charge is -2.33. The maximum absolute atomic E-state index is 2.45. The minimum Gasteiger partial charge on any atom is -0.0654 e. The maximum Gasteiger partial charge on any atom is -0.0132 e. The summed E-state index contributed by atoms with van der Waals surface area (Å²) < 4.78 is 0. The topological polar surface area (TPSA) is 0 Å². The first-order chi connectivity index (χ1) is 17.4. The minimum absolute atomic E-state index is 0.251. The fourth-order valence-corrected chi connectivity index (χ4v) is 6.32. The molecule has 216 valence electrons. The molecule has 0 nitrogen and oxygen atoms in total. The summed E-state index contributed by atoms with van der Waals surface area (Å²) in [7, 11) is 0. The molecule has 4 unspecified atom stereocenters. The van der Waals surface area contributed by atoms with E-state index in [1.54, 1.807) is 6.42 Å². The molecule has 37 heavy (non-hydrogen) atoms. The molecule has 2 saturated carbocycles. The highest BCUT2D eigenvalue weighted by atomic mass is 14.3. The summed E-state index contributed by atoms with van der Waals surface area (Å²) in [5, 5.41) is 0. The average molecular weight is 513 g/mol. The van der Waals surface area contributed by atoms with Crippen molar-refractivity contribution in [2.75, 3.05) is 0 Å². The first-order valence-electron chi connectivity index (χ1n) is 16.5. The van der Waals surface area contributed by atoms with Crippen LogP contribution in [0.15, 0.2) is 24.3 Å². The Morgan fingerprint density at radius 3 is 1.35 bits per heavy atom. The molecule has 0 radical (unpaired) electrons. The Labute approximate surface area is 235 Å². The number of unbranched alkanes of at least 4 members (excludes halogenated alkanes) is 5. The molecular formula is C37H68. The number of benzene rings is 1. The molecule has 0 bridgehead atoms. The summed E-state index contributed by atoms with van der Waals surface area (Å²) in [5.74, 6) is 4.21. The zero-order chi connectivity index (χ0) is 27.9. The van der Waals surface area contributed by atoms with E-state index in [0.29, 0.717) is 0 Å². The average Bonchev–Trinajstić information content (AvgIpc) is 2.82. The lowest BCUT2D eigenvalue weighted by molar-refractivity contribution is 0.191. The van der Waals surface area contributed by atoms with Crippen LogP contribution in [0, 0.1) is 23.7 Å². The Morgan fingerprint density at radius 2 is 1.03 bits per heavy atom. The molecule has 0 heteroatoms. The first-order valence-corrected chi connectivity index (χ1v) is 16.5. The molecule has 2 fully saturated rings.